The van der Waals surface area contributed by atoms with E-state index in [1.807, 2.05) is 19.1 Å². The monoisotopic (exact) mass is 339 g/mol. The highest BCUT2D eigenvalue weighted by molar-refractivity contribution is 6.32. The maximum atomic E-state index is 12.8. The topological polar surface area (TPSA) is 78.8 Å². The molecule has 0 spiro atoms. The number of anilines is 1. The molecule has 2 aliphatic carbocycles. The molecule has 1 aromatic rings. The van der Waals surface area contributed by atoms with Gasteiger partial charge in [-0.1, -0.05) is 24.6 Å². The number of fused-ring (bicyclic) bond motifs is 2. The number of rotatable bonds is 3. The quantitative estimate of drug-likeness (QED) is 0.678. The molecule has 1 saturated heterocycles. The molecule has 0 aromatic heterocycles. The first kappa shape index (κ1) is 16.0. The van der Waals surface area contributed by atoms with Crippen molar-refractivity contribution in [3.05, 3.63) is 29.8 Å². The van der Waals surface area contributed by atoms with Crippen molar-refractivity contribution in [2.75, 3.05) is 4.90 Å². The zero-order valence-corrected chi connectivity index (χ0v) is 14.1. The summed E-state index contributed by atoms with van der Waals surface area (Å²) in [6.07, 6.45) is 6.17. The number of aryl methyl sites for hydroxylation is 1. The Morgan fingerprint density at radius 2 is 1.96 bits per heavy atom. The van der Waals surface area contributed by atoms with E-state index in [0.717, 1.165) is 22.8 Å². The van der Waals surface area contributed by atoms with Gasteiger partial charge in [0.2, 0.25) is 5.91 Å². The first-order valence-corrected chi connectivity index (χ1v) is 8.82. The molecule has 4 atom stereocenters. The summed E-state index contributed by atoms with van der Waals surface area (Å²) < 4.78 is 0. The van der Waals surface area contributed by atoms with E-state index < -0.39 is 23.8 Å². The Labute approximate surface area is 146 Å². The highest BCUT2D eigenvalue weighted by Crippen LogP contribution is 2.45. The number of benzene rings is 1. The van der Waals surface area contributed by atoms with Gasteiger partial charge in [0.15, 0.2) is 5.92 Å². The molecule has 6 heteroatoms. The van der Waals surface area contributed by atoms with Gasteiger partial charge in [0, 0.05) is 6.21 Å². The summed E-state index contributed by atoms with van der Waals surface area (Å²) in [5.41, 5.74) is 1.29. The second-order valence-electron chi connectivity index (χ2n) is 7.27. The lowest BCUT2D eigenvalue weighted by atomic mass is 9.95. The van der Waals surface area contributed by atoms with Crippen LogP contribution in [-0.2, 0) is 9.59 Å². The number of aliphatic imine (C=N–C) groups is 1. The standard InChI is InChI=1S/C19H21N3O3/c1-11-4-2-3-5-16(11)22-18(24)14(17(23)21-19(22)25)10-20-15-9-12-6-7-13(15)8-12/h2-5,10,12-15H,6-9H2,1H3,(H,21,23,25)/t12-,13-,14-,15+/m0/s1. The molecule has 1 aliphatic heterocycles. The molecule has 2 saturated carbocycles. The van der Waals surface area contributed by atoms with E-state index in [2.05, 4.69) is 10.3 Å². The predicted molar refractivity (Wildman–Crippen MR) is 93.4 cm³/mol. The maximum absolute atomic E-state index is 12.8. The molecule has 0 radical (unpaired) electrons. The molecular formula is C19H21N3O3. The Kier molecular flexibility index (Phi) is 3.90. The highest BCUT2D eigenvalue weighted by Gasteiger charge is 2.42. The fraction of sp³-hybridized carbons (Fsp3) is 0.474. The molecular weight excluding hydrogens is 318 g/mol. The van der Waals surface area contributed by atoms with E-state index >= 15 is 0 Å². The molecule has 4 amide bonds. The van der Waals surface area contributed by atoms with Crippen molar-refractivity contribution in [2.24, 2.45) is 22.7 Å². The van der Waals surface area contributed by atoms with Gasteiger partial charge in [0.25, 0.3) is 5.91 Å². The minimum absolute atomic E-state index is 0.212. The number of imide groups is 2. The number of hydrogen-bond donors (Lipinski definition) is 1. The minimum atomic E-state index is -1.04. The summed E-state index contributed by atoms with van der Waals surface area (Å²) in [6, 6.07) is 6.64. The van der Waals surface area contributed by atoms with E-state index in [4.69, 9.17) is 0 Å². The number of nitrogens with one attached hydrogen (secondary N) is 1. The number of amides is 4. The number of carbonyl (C=O) groups excluding carboxylic acids is 3. The van der Waals surface area contributed by atoms with Crippen molar-refractivity contribution in [1.29, 1.82) is 0 Å². The molecule has 25 heavy (non-hydrogen) atoms. The van der Waals surface area contributed by atoms with E-state index in [9.17, 15) is 14.4 Å². The molecule has 3 fully saturated rings. The van der Waals surface area contributed by atoms with Gasteiger partial charge in [0.05, 0.1) is 11.7 Å². The summed E-state index contributed by atoms with van der Waals surface area (Å²) >= 11 is 0. The number of nitrogens with zero attached hydrogens (tertiary/aromatic N) is 2. The minimum Gasteiger partial charge on any atom is -0.293 e. The largest absolute Gasteiger partial charge is 0.335 e. The smallest absolute Gasteiger partial charge is 0.293 e. The van der Waals surface area contributed by atoms with Crippen LogP contribution in [0.25, 0.3) is 0 Å². The van der Waals surface area contributed by atoms with Gasteiger partial charge in [-0.15, -0.1) is 0 Å². The van der Waals surface area contributed by atoms with Crippen LogP contribution >= 0.6 is 0 Å². The first-order chi connectivity index (χ1) is 12.0. The van der Waals surface area contributed by atoms with Crippen molar-refractivity contribution < 1.29 is 14.4 Å². The van der Waals surface area contributed by atoms with Gasteiger partial charge < -0.3 is 0 Å². The van der Waals surface area contributed by atoms with Gasteiger partial charge in [-0.3, -0.25) is 19.9 Å². The van der Waals surface area contributed by atoms with E-state index in [1.54, 1.807) is 12.1 Å². The number of urea groups is 1. The normalized spacial score (nSPS) is 31.9. The van der Waals surface area contributed by atoms with Crippen molar-refractivity contribution in [3.63, 3.8) is 0 Å². The Bertz CT molecular complexity index is 773. The van der Waals surface area contributed by atoms with Gasteiger partial charge in [-0.2, -0.15) is 0 Å². The van der Waals surface area contributed by atoms with Crippen LogP contribution in [0.15, 0.2) is 29.3 Å². The SMILES string of the molecule is Cc1ccccc1N1C(=O)NC(=O)[C@H](C=N[C@@H]2C[C@H]3CC[C@H]2C3)C1=O. The average Bonchev–Trinajstić information content (AvgIpc) is 3.19. The van der Waals surface area contributed by atoms with Crippen LogP contribution in [0.2, 0.25) is 0 Å². The van der Waals surface area contributed by atoms with Gasteiger partial charge >= 0.3 is 6.03 Å². The average molecular weight is 339 g/mol. The van der Waals surface area contributed by atoms with Crippen LogP contribution in [0, 0.1) is 24.7 Å². The zero-order valence-electron chi connectivity index (χ0n) is 14.1. The second-order valence-corrected chi connectivity index (χ2v) is 7.27. The Morgan fingerprint density at radius 1 is 1.16 bits per heavy atom. The lowest BCUT2D eigenvalue weighted by Gasteiger charge is -2.29. The van der Waals surface area contributed by atoms with Crippen molar-refractivity contribution in [1.82, 2.24) is 5.32 Å². The molecule has 0 unspecified atom stereocenters. The van der Waals surface area contributed by atoms with Crippen molar-refractivity contribution >= 4 is 29.7 Å². The van der Waals surface area contributed by atoms with Crippen LogP contribution in [0.4, 0.5) is 10.5 Å². The van der Waals surface area contributed by atoms with Crippen LogP contribution in [0.3, 0.4) is 0 Å². The number of para-hydroxylation sites is 1. The van der Waals surface area contributed by atoms with Crippen molar-refractivity contribution in [2.45, 2.75) is 38.6 Å². The molecule has 1 aromatic carbocycles. The first-order valence-electron chi connectivity index (χ1n) is 8.82. The fourth-order valence-corrected chi connectivity index (χ4v) is 4.35. The van der Waals surface area contributed by atoms with E-state index in [0.29, 0.717) is 11.6 Å². The third-order valence-electron chi connectivity index (χ3n) is 5.69. The third-order valence-corrected chi connectivity index (χ3v) is 5.69. The van der Waals surface area contributed by atoms with E-state index in [1.165, 1.54) is 25.5 Å². The van der Waals surface area contributed by atoms with Crippen LogP contribution < -0.4 is 10.2 Å². The van der Waals surface area contributed by atoms with Gasteiger partial charge in [-0.05, 0) is 49.7 Å². The number of hydrogen-bond acceptors (Lipinski definition) is 4. The Hall–Kier alpha value is -2.50. The van der Waals surface area contributed by atoms with E-state index in [-0.39, 0.29) is 6.04 Å². The molecule has 130 valence electrons. The van der Waals surface area contributed by atoms with Gasteiger partial charge in [-0.25, -0.2) is 9.69 Å². The van der Waals surface area contributed by atoms with Crippen molar-refractivity contribution in [3.8, 4) is 0 Å². The lowest BCUT2D eigenvalue weighted by Crippen LogP contribution is -2.59. The summed E-state index contributed by atoms with van der Waals surface area (Å²) in [5, 5.41) is 2.28. The summed E-state index contributed by atoms with van der Waals surface area (Å²) in [5.74, 6) is -0.844. The third kappa shape index (κ3) is 2.75. The number of barbiturate groups is 1. The van der Waals surface area contributed by atoms with Crippen LogP contribution in [0.1, 0.15) is 31.2 Å². The zero-order chi connectivity index (χ0) is 17.6. The van der Waals surface area contributed by atoms with Crippen LogP contribution in [-0.4, -0.2) is 30.1 Å². The summed E-state index contributed by atoms with van der Waals surface area (Å²) in [6.45, 7) is 1.82. The van der Waals surface area contributed by atoms with Gasteiger partial charge in [0.1, 0.15) is 0 Å². The molecule has 6 nitrogen and oxygen atoms in total. The fourth-order valence-electron chi connectivity index (χ4n) is 4.35. The lowest BCUT2D eigenvalue weighted by molar-refractivity contribution is -0.131. The predicted octanol–water partition coefficient (Wildman–Crippen LogP) is 2.45. The molecule has 1 heterocycles. The Balaban J connectivity index is 1.57. The molecule has 4 rings (SSSR count). The summed E-state index contributed by atoms with van der Waals surface area (Å²) in [7, 11) is 0. The Morgan fingerprint density at radius 3 is 2.64 bits per heavy atom. The molecule has 1 N–H and O–H groups in total. The summed E-state index contributed by atoms with van der Waals surface area (Å²) in [4.78, 5) is 42.8. The second kappa shape index (κ2) is 6.10. The molecule has 3 aliphatic rings. The highest BCUT2D eigenvalue weighted by atomic mass is 16.2. The maximum Gasteiger partial charge on any atom is 0.335 e. The number of carbonyl (C=O) groups is 3. The van der Waals surface area contributed by atoms with Crippen LogP contribution in [0.5, 0.6) is 0 Å². The molecule has 2 bridgehead atoms.